The number of hydrogen-bond donors (Lipinski definition) is 1. The number of hydrogen-bond acceptors (Lipinski definition) is 3. The molecule has 18 heavy (non-hydrogen) atoms. The number of allylic oxidation sites excluding steroid dienone is 2. The zero-order valence-electron chi connectivity index (χ0n) is 9.17. The molecule has 0 saturated heterocycles. The van der Waals surface area contributed by atoms with Gasteiger partial charge in [0.05, 0.1) is 4.90 Å². The molecule has 4 nitrogen and oxygen atoms in total. The van der Waals surface area contributed by atoms with Gasteiger partial charge in [0.25, 0.3) is 17.6 Å². The Morgan fingerprint density at radius 2 is 2.06 bits per heavy atom. The normalized spacial score (nSPS) is 20.8. The van der Waals surface area contributed by atoms with E-state index in [2.05, 4.69) is 15.9 Å². The van der Waals surface area contributed by atoms with Crippen molar-refractivity contribution < 1.29 is 14.1 Å². The van der Waals surface area contributed by atoms with Gasteiger partial charge in [-0.25, -0.2) is 0 Å². The molecule has 0 fully saturated rings. The summed E-state index contributed by atoms with van der Waals surface area (Å²) in [5.41, 5.74) is 1.12. The minimum Gasteiger partial charge on any atom is -0.481 e. The van der Waals surface area contributed by atoms with Crippen LogP contribution in [0.3, 0.4) is 0 Å². The number of fused-ring (bicyclic) bond motifs is 1. The van der Waals surface area contributed by atoms with E-state index in [0.29, 0.717) is 8.65 Å². The predicted octanol–water partition coefficient (Wildman–Crippen LogP) is 3.58. The van der Waals surface area contributed by atoms with E-state index in [4.69, 9.17) is 5.11 Å². The van der Waals surface area contributed by atoms with Crippen LogP contribution in [0, 0.1) is 4.91 Å². The lowest BCUT2D eigenvalue weighted by atomic mass is 10.2. The molecular formula is C12H9BrNO3S+. The second-order valence-electron chi connectivity index (χ2n) is 3.62. The van der Waals surface area contributed by atoms with E-state index >= 15 is 0 Å². The van der Waals surface area contributed by atoms with Crippen LogP contribution in [0.4, 0.5) is 0 Å². The zero-order valence-corrected chi connectivity index (χ0v) is 11.6. The second-order valence-corrected chi connectivity index (χ2v) is 5.49. The maximum Gasteiger partial charge on any atom is 0.314 e. The highest BCUT2D eigenvalue weighted by Crippen LogP contribution is 2.32. The third kappa shape index (κ3) is 3.08. The highest BCUT2D eigenvalue weighted by Gasteiger charge is 2.27. The number of aliphatic carboxylic acids is 1. The Morgan fingerprint density at radius 3 is 2.78 bits per heavy atom. The number of nitroso groups, excluding NO2 is 1. The van der Waals surface area contributed by atoms with E-state index in [1.54, 1.807) is 0 Å². The van der Waals surface area contributed by atoms with Crippen molar-refractivity contribution in [2.24, 2.45) is 0 Å². The van der Waals surface area contributed by atoms with Crippen LogP contribution in [0.2, 0.25) is 0 Å². The van der Waals surface area contributed by atoms with Gasteiger partial charge in [0.15, 0.2) is 0 Å². The Hall–Kier alpha value is -1.40. The average molecular weight is 327 g/mol. The number of rotatable bonds is 2. The van der Waals surface area contributed by atoms with Crippen LogP contribution in [0.5, 0.6) is 0 Å². The number of halogens is 1. The molecule has 92 valence electrons. The first-order valence-electron chi connectivity index (χ1n) is 5.10. The molecule has 6 heteroatoms. The molecule has 0 unspecified atom stereocenters. The molecular weight excluding hydrogens is 318 g/mol. The summed E-state index contributed by atoms with van der Waals surface area (Å²) >= 11 is 4.30. The third-order valence-electron chi connectivity index (χ3n) is 2.27. The Labute approximate surface area is 116 Å². The smallest absolute Gasteiger partial charge is 0.314 e. The topological polar surface area (TPSA) is 57.4 Å². The van der Waals surface area contributed by atoms with Crippen molar-refractivity contribution in [2.45, 2.75) is 11.3 Å². The van der Waals surface area contributed by atoms with Crippen molar-refractivity contribution in [3.8, 4) is 0 Å². The fraction of sp³-hybridized carbons (Fsp3) is 0.0833. The lowest BCUT2D eigenvalue weighted by Crippen LogP contribution is -2.06. The summed E-state index contributed by atoms with van der Waals surface area (Å²) < 4.78 is 1.31. The van der Waals surface area contributed by atoms with E-state index in [1.165, 1.54) is 6.08 Å². The lowest BCUT2D eigenvalue weighted by molar-refractivity contribution is -0.313. The van der Waals surface area contributed by atoms with Gasteiger partial charge in [0.2, 0.25) is 0 Å². The lowest BCUT2D eigenvalue weighted by Gasteiger charge is -2.03. The summed E-state index contributed by atoms with van der Waals surface area (Å²) in [6.45, 7) is 0. The first-order chi connectivity index (χ1) is 8.56. The molecule has 1 aliphatic heterocycles. The van der Waals surface area contributed by atoms with Crippen LogP contribution in [-0.2, 0) is 4.79 Å². The summed E-state index contributed by atoms with van der Waals surface area (Å²) in [6, 6.07) is 7.44. The zero-order chi connectivity index (χ0) is 13.1. The van der Waals surface area contributed by atoms with Gasteiger partial charge < -0.3 is 5.11 Å². The van der Waals surface area contributed by atoms with Crippen LogP contribution in [0.1, 0.15) is 12.0 Å². The Kier molecular flexibility index (Phi) is 3.98. The maximum absolute atomic E-state index is 11.9. The van der Waals surface area contributed by atoms with Crippen LogP contribution in [0.15, 0.2) is 45.4 Å². The molecule has 2 rings (SSSR count). The van der Waals surface area contributed by atoms with Crippen molar-refractivity contribution in [3.05, 3.63) is 51.0 Å². The Morgan fingerprint density at radius 1 is 1.33 bits per heavy atom. The van der Waals surface area contributed by atoms with E-state index in [1.807, 2.05) is 30.3 Å². The minimum atomic E-state index is -1.03. The largest absolute Gasteiger partial charge is 0.481 e. The highest BCUT2D eigenvalue weighted by molar-refractivity contribution is 9.12. The van der Waals surface area contributed by atoms with Crippen molar-refractivity contribution >= 4 is 39.9 Å². The van der Waals surface area contributed by atoms with Crippen molar-refractivity contribution in [1.29, 1.82) is 0 Å². The van der Waals surface area contributed by atoms with E-state index in [9.17, 15) is 9.70 Å². The van der Waals surface area contributed by atoms with Gasteiger partial charge in [-0.15, -0.1) is 0 Å². The maximum atomic E-state index is 11.9. The summed E-state index contributed by atoms with van der Waals surface area (Å²) in [5, 5.41) is 8.78. The first kappa shape index (κ1) is 13.0. The molecule has 0 saturated carbocycles. The monoisotopic (exact) mass is 326 g/mol. The van der Waals surface area contributed by atoms with Gasteiger partial charge in [-0.3, -0.25) is 4.79 Å². The summed E-state index contributed by atoms with van der Waals surface area (Å²) in [4.78, 5) is 23.4. The van der Waals surface area contributed by atoms with E-state index in [-0.39, 0.29) is 12.1 Å². The molecule has 1 aromatic rings. The van der Waals surface area contributed by atoms with Gasteiger partial charge in [-0.2, -0.15) is 0 Å². The number of benzene rings is 1. The van der Waals surface area contributed by atoms with Crippen LogP contribution in [-0.4, -0.2) is 15.2 Å². The quantitative estimate of drug-likeness (QED) is 0.666. The predicted molar refractivity (Wildman–Crippen MR) is 73.2 cm³/mol. The van der Waals surface area contributed by atoms with Gasteiger partial charge in [0.1, 0.15) is 10.6 Å². The van der Waals surface area contributed by atoms with Gasteiger partial charge >= 0.3 is 5.97 Å². The van der Waals surface area contributed by atoms with Crippen molar-refractivity contribution in [1.82, 2.24) is 0 Å². The molecule has 0 spiro atoms. The Balaban J connectivity index is 2.45. The molecule has 0 aromatic heterocycles. The van der Waals surface area contributed by atoms with Gasteiger partial charge in [-0.1, -0.05) is 34.1 Å². The van der Waals surface area contributed by atoms with Gasteiger partial charge in [0, 0.05) is 15.5 Å². The summed E-state index contributed by atoms with van der Waals surface area (Å²) in [5.74, 6) is -1.03. The molecule has 0 atom stereocenters. The number of nitrogens with zero attached hydrogens (tertiary/aromatic N) is 1. The molecule has 1 aromatic carbocycles. The standard InChI is InChI=1S/C12H8BrNO3S/c13-9-5-8-3-1-2-4-11(8)18-14(17)10(6-9)7-12(15)16/h1-6H,7H2/p+1/b9-5+,10-6-. The van der Waals surface area contributed by atoms with E-state index in [0.717, 1.165) is 22.4 Å². The number of carboxylic acids is 1. The fourth-order valence-electron chi connectivity index (χ4n) is 1.50. The second kappa shape index (κ2) is 5.49. The average Bonchev–Trinajstić information content (AvgIpc) is 2.28. The Bertz CT molecular complexity index is 580. The number of carbonyl (C=O) groups is 1. The molecule has 1 heterocycles. The van der Waals surface area contributed by atoms with Gasteiger partial charge in [-0.05, 0) is 17.7 Å². The van der Waals surface area contributed by atoms with E-state index < -0.39 is 5.97 Å². The van der Waals surface area contributed by atoms with Crippen molar-refractivity contribution in [3.63, 3.8) is 0 Å². The van der Waals surface area contributed by atoms with Crippen molar-refractivity contribution in [2.75, 3.05) is 0 Å². The number of carboxylic acid groups (broad SMARTS) is 1. The van der Waals surface area contributed by atoms with Crippen LogP contribution >= 0.6 is 27.9 Å². The molecule has 0 bridgehead atoms. The molecule has 0 radical (unpaired) electrons. The third-order valence-corrected chi connectivity index (χ3v) is 3.69. The molecule has 0 aliphatic carbocycles. The molecule has 0 amide bonds. The fourth-order valence-corrected chi connectivity index (χ4v) is 2.80. The first-order valence-corrected chi connectivity index (χ1v) is 6.67. The highest BCUT2D eigenvalue weighted by atomic mass is 79.9. The van der Waals surface area contributed by atoms with Crippen LogP contribution in [0.25, 0.3) is 6.08 Å². The molecule has 1 N–H and O–H groups in total. The van der Waals surface area contributed by atoms with Crippen LogP contribution < -0.4 is 0 Å². The SMILES string of the molecule is O=C(O)C/C1=C/C(Br)=C\c2ccccc2S[N+]1=O. The summed E-state index contributed by atoms with van der Waals surface area (Å²) in [7, 11) is 0. The summed E-state index contributed by atoms with van der Waals surface area (Å²) in [6.07, 6.45) is 3.09. The minimum absolute atomic E-state index is 0.199. The molecule has 1 aliphatic rings.